The summed E-state index contributed by atoms with van der Waals surface area (Å²) in [6.45, 7) is 0.419. The minimum Gasteiger partial charge on any atom is -0.343 e. The molecule has 0 N–H and O–H groups in total. The predicted molar refractivity (Wildman–Crippen MR) is 65.9 cm³/mol. The standard InChI is InChI=1S/C14H11ClO4/c15-7-3-1-6(2-4-7)12(16)10-9-8-5-18-14(19-8)13(17)11(9)10/h1-4,8-11,14H,5H2/t8-,9+,10+,11+,14+/m1/s1. The summed E-state index contributed by atoms with van der Waals surface area (Å²) in [5, 5.41) is 0.594. The second-order valence-corrected chi connectivity index (χ2v) is 5.68. The molecular weight excluding hydrogens is 268 g/mol. The Balaban J connectivity index is 1.60. The van der Waals surface area contributed by atoms with Gasteiger partial charge in [-0.15, -0.1) is 0 Å². The molecule has 2 saturated heterocycles. The number of Topliss-reactive ketones (excluding diaryl/α,β-unsaturated/α-hetero) is 2. The van der Waals surface area contributed by atoms with E-state index in [-0.39, 0.29) is 35.4 Å². The van der Waals surface area contributed by atoms with Gasteiger partial charge in [-0.05, 0) is 24.3 Å². The predicted octanol–water partition coefficient (Wildman–Crippen LogP) is 1.71. The maximum atomic E-state index is 12.4. The van der Waals surface area contributed by atoms with Crippen LogP contribution in [-0.4, -0.2) is 30.6 Å². The van der Waals surface area contributed by atoms with Gasteiger partial charge >= 0.3 is 0 Å². The third kappa shape index (κ3) is 1.60. The van der Waals surface area contributed by atoms with E-state index in [0.29, 0.717) is 17.2 Å². The summed E-state index contributed by atoms with van der Waals surface area (Å²) in [6.07, 6.45) is -0.844. The number of fused-ring (bicyclic) bond motifs is 4. The molecule has 2 heterocycles. The summed E-state index contributed by atoms with van der Waals surface area (Å²) in [7, 11) is 0. The summed E-state index contributed by atoms with van der Waals surface area (Å²) >= 11 is 5.81. The first-order valence-corrected chi connectivity index (χ1v) is 6.65. The molecular formula is C14H11ClO4. The fourth-order valence-corrected chi connectivity index (χ4v) is 3.36. The Morgan fingerprint density at radius 3 is 2.74 bits per heavy atom. The third-order valence-corrected chi connectivity index (χ3v) is 4.46. The lowest BCUT2D eigenvalue weighted by Crippen LogP contribution is -2.30. The number of halogens is 1. The Hall–Kier alpha value is -1.23. The minimum atomic E-state index is -0.741. The quantitative estimate of drug-likeness (QED) is 0.773. The molecule has 3 fully saturated rings. The van der Waals surface area contributed by atoms with Crippen molar-refractivity contribution < 1.29 is 19.1 Å². The molecule has 3 aliphatic rings. The Morgan fingerprint density at radius 1 is 1.26 bits per heavy atom. The molecule has 98 valence electrons. The van der Waals surface area contributed by atoms with E-state index >= 15 is 0 Å². The number of carbonyl (C=O) groups is 2. The van der Waals surface area contributed by atoms with Crippen molar-refractivity contribution in [3.63, 3.8) is 0 Å². The summed E-state index contributed by atoms with van der Waals surface area (Å²) in [4.78, 5) is 24.4. The van der Waals surface area contributed by atoms with Gasteiger partial charge in [0.1, 0.15) is 0 Å². The molecule has 1 aromatic rings. The van der Waals surface area contributed by atoms with Crippen molar-refractivity contribution in [2.45, 2.75) is 12.4 Å². The van der Waals surface area contributed by atoms with E-state index in [2.05, 4.69) is 0 Å². The van der Waals surface area contributed by atoms with E-state index in [1.807, 2.05) is 0 Å². The molecule has 1 aromatic carbocycles. The van der Waals surface area contributed by atoms with Crippen molar-refractivity contribution >= 4 is 23.2 Å². The van der Waals surface area contributed by atoms with Gasteiger partial charge < -0.3 is 9.47 Å². The number of hydrogen-bond donors (Lipinski definition) is 0. The van der Waals surface area contributed by atoms with Gasteiger partial charge in [0.15, 0.2) is 11.6 Å². The number of rotatable bonds is 2. The Morgan fingerprint density at radius 2 is 2.00 bits per heavy atom. The summed E-state index contributed by atoms with van der Waals surface area (Å²) in [5.41, 5.74) is 0.605. The lowest BCUT2D eigenvalue weighted by atomic mass is 10.0. The summed E-state index contributed by atoms with van der Waals surface area (Å²) in [5.74, 6) is -0.529. The van der Waals surface area contributed by atoms with Crippen LogP contribution in [0.15, 0.2) is 24.3 Å². The molecule has 19 heavy (non-hydrogen) atoms. The van der Waals surface area contributed by atoms with Crippen LogP contribution in [0.5, 0.6) is 0 Å². The highest BCUT2D eigenvalue weighted by molar-refractivity contribution is 6.30. The van der Waals surface area contributed by atoms with Crippen molar-refractivity contribution in [3.05, 3.63) is 34.9 Å². The molecule has 4 nitrogen and oxygen atoms in total. The van der Waals surface area contributed by atoms with Gasteiger partial charge in [-0.25, -0.2) is 0 Å². The highest BCUT2D eigenvalue weighted by Crippen LogP contribution is 2.57. The molecule has 1 saturated carbocycles. The molecule has 5 heteroatoms. The van der Waals surface area contributed by atoms with Crippen LogP contribution in [-0.2, 0) is 14.3 Å². The number of carbonyl (C=O) groups excluding carboxylic acids is 2. The average molecular weight is 279 g/mol. The van der Waals surface area contributed by atoms with Crippen molar-refractivity contribution in [2.75, 3.05) is 6.61 Å². The van der Waals surface area contributed by atoms with Gasteiger partial charge in [0.05, 0.1) is 12.7 Å². The van der Waals surface area contributed by atoms with Gasteiger partial charge in [-0.3, -0.25) is 9.59 Å². The first-order chi connectivity index (χ1) is 9.16. The first kappa shape index (κ1) is 11.6. The Labute approximate surface area is 114 Å². The summed E-state index contributed by atoms with van der Waals surface area (Å²) < 4.78 is 10.7. The molecule has 2 aliphatic heterocycles. The summed E-state index contributed by atoms with van der Waals surface area (Å²) in [6, 6.07) is 6.78. The minimum absolute atomic E-state index is 0.00516. The lowest BCUT2D eigenvalue weighted by Gasteiger charge is -2.14. The largest absolute Gasteiger partial charge is 0.343 e. The molecule has 5 atom stereocenters. The fraction of sp³-hybridized carbons (Fsp3) is 0.429. The van der Waals surface area contributed by atoms with Gasteiger partial charge in [0, 0.05) is 28.3 Å². The average Bonchev–Trinajstić information content (AvgIpc) is 3.02. The molecule has 0 amide bonds. The zero-order chi connectivity index (χ0) is 13.1. The number of ketones is 2. The maximum absolute atomic E-state index is 12.4. The van der Waals surface area contributed by atoms with Gasteiger partial charge in [-0.2, -0.15) is 0 Å². The second kappa shape index (κ2) is 3.88. The maximum Gasteiger partial charge on any atom is 0.218 e. The van der Waals surface area contributed by atoms with Gasteiger partial charge in [-0.1, -0.05) is 11.6 Å². The first-order valence-electron chi connectivity index (χ1n) is 6.27. The highest BCUT2D eigenvalue weighted by atomic mass is 35.5. The van der Waals surface area contributed by atoms with E-state index < -0.39 is 6.29 Å². The van der Waals surface area contributed by atoms with Crippen molar-refractivity contribution in [1.29, 1.82) is 0 Å². The van der Waals surface area contributed by atoms with Crippen LogP contribution in [0.25, 0.3) is 0 Å². The Kier molecular flexibility index (Phi) is 2.37. The zero-order valence-electron chi connectivity index (χ0n) is 9.91. The van der Waals surface area contributed by atoms with Crippen LogP contribution in [0.3, 0.4) is 0 Å². The van der Waals surface area contributed by atoms with Crippen molar-refractivity contribution in [1.82, 2.24) is 0 Å². The third-order valence-electron chi connectivity index (χ3n) is 4.21. The lowest BCUT2D eigenvalue weighted by molar-refractivity contribution is -0.153. The van der Waals surface area contributed by atoms with Crippen LogP contribution >= 0.6 is 11.6 Å². The van der Waals surface area contributed by atoms with E-state index in [0.717, 1.165) is 0 Å². The smallest absolute Gasteiger partial charge is 0.218 e. The highest BCUT2D eigenvalue weighted by Gasteiger charge is 2.68. The molecule has 0 spiro atoms. The van der Waals surface area contributed by atoms with Crippen molar-refractivity contribution in [3.8, 4) is 0 Å². The van der Waals surface area contributed by atoms with Gasteiger partial charge in [0.2, 0.25) is 6.29 Å². The zero-order valence-corrected chi connectivity index (χ0v) is 10.7. The van der Waals surface area contributed by atoms with E-state index in [9.17, 15) is 9.59 Å². The molecule has 4 rings (SSSR count). The molecule has 1 aliphatic carbocycles. The van der Waals surface area contributed by atoms with Crippen LogP contribution in [0.2, 0.25) is 5.02 Å². The second-order valence-electron chi connectivity index (χ2n) is 5.24. The monoisotopic (exact) mass is 278 g/mol. The molecule has 0 aromatic heterocycles. The molecule has 0 unspecified atom stereocenters. The number of benzene rings is 1. The molecule has 2 bridgehead atoms. The van der Waals surface area contributed by atoms with E-state index in [1.165, 1.54) is 0 Å². The van der Waals surface area contributed by atoms with Crippen LogP contribution in [0.4, 0.5) is 0 Å². The normalized spacial score (nSPS) is 39.0. The van der Waals surface area contributed by atoms with Crippen LogP contribution in [0, 0.1) is 17.8 Å². The fourth-order valence-electron chi connectivity index (χ4n) is 3.24. The topological polar surface area (TPSA) is 52.6 Å². The van der Waals surface area contributed by atoms with Crippen LogP contribution in [0.1, 0.15) is 10.4 Å². The molecule has 0 radical (unpaired) electrons. The SMILES string of the molecule is O=C(c1ccc(Cl)cc1)[C@@H]1[C@H]2C(=O)[C@H]3OC[C@@H](O3)[C@@H]12. The van der Waals surface area contributed by atoms with Crippen LogP contribution < -0.4 is 0 Å². The van der Waals surface area contributed by atoms with E-state index in [1.54, 1.807) is 24.3 Å². The number of ether oxygens (including phenoxy) is 2. The Bertz CT molecular complexity index is 567. The van der Waals surface area contributed by atoms with Gasteiger partial charge in [0.25, 0.3) is 0 Å². The number of hydrogen-bond acceptors (Lipinski definition) is 4. The van der Waals surface area contributed by atoms with E-state index in [4.69, 9.17) is 21.1 Å². The van der Waals surface area contributed by atoms with Crippen molar-refractivity contribution in [2.24, 2.45) is 17.8 Å².